The predicted molar refractivity (Wildman–Crippen MR) is 60.1 cm³/mol. The summed E-state index contributed by atoms with van der Waals surface area (Å²) in [5.74, 6) is 0. The lowest BCUT2D eigenvalue weighted by Crippen LogP contribution is -2.39. The molecule has 0 aromatic heterocycles. The topological polar surface area (TPSA) is 58.9 Å². The molecule has 3 unspecified atom stereocenters. The third kappa shape index (κ3) is 1.98. The highest BCUT2D eigenvalue weighted by Gasteiger charge is 2.45. The minimum Gasteiger partial charge on any atom is -0.392 e. The van der Waals surface area contributed by atoms with E-state index in [4.69, 9.17) is 14.6 Å². The van der Waals surface area contributed by atoms with Gasteiger partial charge >= 0.3 is 0 Å². The van der Waals surface area contributed by atoms with Crippen molar-refractivity contribution < 1.29 is 19.7 Å². The summed E-state index contributed by atoms with van der Waals surface area (Å²) in [6, 6.07) is 7.45. The summed E-state index contributed by atoms with van der Waals surface area (Å²) in [6.07, 6.45) is 0.699. The number of aliphatic hydroxyl groups excluding tert-OH is 1. The molecule has 1 aromatic carbocycles. The Morgan fingerprint density at radius 1 is 1.35 bits per heavy atom. The standard InChI is InChI=1S/C13H16O4/c14-7-9-2-1-3-10(4-9)13(15)5-11-8-16-12(6-13)17-11/h1-4,11-12,14-15H,5-8H2. The smallest absolute Gasteiger partial charge is 0.161 e. The Labute approximate surface area is 99.8 Å². The minimum absolute atomic E-state index is 0.0101. The summed E-state index contributed by atoms with van der Waals surface area (Å²) in [6.45, 7) is 0.552. The van der Waals surface area contributed by atoms with Gasteiger partial charge in [-0.2, -0.15) is 0 Å². The summed E-state index contributed by atoms with van der Waals surface area (Å²) >= 11 is 0. The first-order chi connectivity index (χ1) is 8.19. The van der Waals surface area contributed by atoms with Crippen LogP contribution in [0.15, 0.2) is 24.3 Å². The summed E-state index contributed by atoms with van der Waals surface area (Å²) in [5.41, 5.74) is 0.762. The van der Waals surface area contributed by atoms with Crippen LogP contribution in [0.5, 0.6) is 0 Å². The first-order valence-electron chi connectivity index (χ1n) is 5.89. The summed E-state index contributed by atoms with van der Waals surface area (Å²) in [4.78, 5) is 0. The molecule has 0 saturated carbocycles. The van der Waals surface area contributed by atoms with Crippen molar-refractivity contribution in [2.24, 2.45) is 0 Å². The molecule has 3 rings (SSSR count). The zero-order chi connectivity index (χ0) is 11.9. The van der Waals surface area contributed by atoms with E-state index < -0.39 is 5.60 Å². The molecule has 92 valence electrons. The summed E-state index contributed by atoms with van der Waals surface area (Å²) in [7, 11) is 0. The quantitative estimate of drug-likeness (QED) is 0.801. The molecule has 17 heavy (non-hydrogen) atoms. The normalized spacial score (nSPS) is 36.1. The van der Waals surface area contributed by atoms with Crippen LogP contribution < -0.4 is 0 Å². The van der Waals surface area contributed by atoms with Gasteiger partial charge in [0.2, 0.25) is 0 Å². The first kappa shape index (κ1) is 11.2. The van der Waals surface area contributed by atoms with Crippen molar-refractivity contribution in [2.75, 3.05) is 6.61 Å². The molecule has 0 radical (unpaired) electrons. The second-order valence-electron chi connectivity index (χ2n) is 4.82. The SMILES string of the molecule is OCc1cccc(C2(O)CC3COC(C2)O3)c1. The highest BCUT2D eigenvalue weighted by atomic mass is 16.7. The van der Waals surface area contributed by atoms with Crippen molar-refractivity contribution in [1.29, 1.82) is 0 Å². The van der Waals surface area contributed by atoms with Crippen molar-refractivity contribution in [3.05, 3.63) is 35.4 Å². The average molecular weight is 236 g/mol. The molecule has 0 amide bonds. The monoisotopic (exact) mass is 236 g/mol. The Morgan fingerprint density at radius 3 is 3.00 bits per heavy atom. The molecule has 2 saturated heterocycles. The number of fused-ring (bicyclic) bond motifs is 2. The molecule has 2 bridgehead atoms. The zero-order valence-electron chi connectivity index (χ0n) is 9.50. The van der Waals surface area contributed by atoms with Gasteiger partial charge in [-0.3, -0.25) is 0 Å². The molecule has 0 spiro atoms. The molecule has 4 nitrogen and oxygen atoms in total. The number of ether oxygens (including phenoxy) is 2. The van der Waals surface area contributed by atoms with E-state index in [1.54, 1.807) is 0 Å². The third-order valence-corrected chi connectivity index (χ3v) is 3.53. The Hall–Kier alpha value is -0.940. The Balaban J connectivity index is 1.91. The van der Waals surface area contributed by atoms with Crippen molar-refractivity contribution in [2.45, 2.75) is 37.4 Å². The van der Waals surface area contributed by atoms with E-state index in [0.717, 1.165) is 11.1 Å². The van der Waals surface area contributed by atoms with E-state index in [0.29, 0.717) is 19.4 Å². The van der Waals surface area contributed by atoms with Crippen LogP contribution >= 0.6 is 0 Å². The van der Waals surface area contributed by atoms with E-state index in [9.17, 15) is 5.11 Å². The number of rotatable bonds is 2. The number of hydrogen-bond acceptors (Lipinski definition) is 4. The van der Waals surface area contributed by atoms with Gasteiger partial charge in [0.1, 0.15) is 0 Å². The van der Waals surface area contributed by atoms with E-state index in [-0.39, 0.29) is 19.0 Å². The molecular formula is C13H16O4. The van der Waals surface area contributed by atoms with Gasteiger partial charge in [-0.25, -0.2) is 0 Å². The van der Waals surface area contributed by atoms with Gasteiger partial charge < -0.3 is 19.7 Å². The van der Waals surface area contributed by atoms with E-state index >= 15 is 0 Å². The summed E-state index contributed by atoms with van der Waals surface area (Å²) in [5, 5.41) is 19.8. The Kier molecular flexibility index (Phi) is 2.67. The second kappa shape index (κ2) is 4.07. The second-order valence-corrected chi connectivity index (χ2v) is 4.82. The van der Waals surface area contributed by atoms with Crippen molar-refractivity contribution >= 4 is 0 Å². The molecule has 4 heteroatoms. The Bertz CT molecular complexity index is 406. The number of benzene rings is 1. The van der Waals surface area contributed by atoms with Crippen LogP contribution in [0.1, 0.15) is 24.0 Å². The van der Waals surface area contributed by atoms with Crippen LogP contribution in [0.4, 0.5) is 0 Å². The number of hydrogen-bond donors (Lipinski definition) is 2. The van der Waals surface area contributed by atoms with Crippen molar-refractivity contribution in [3.8, 4) is 0 Å². The maximum atomic E-state index is 10.7. The largest absolute Gasteiger partial charge is 0.392 e. The van der Waals surface area contributed by atoms with Gasteiger partial charge in [0.05, 0.1) is 24.9 Å². The fourth-order valence-electron chi connectivity index (χ4n) is 2.65. The maximum Gasteiger partial charge on any atom is 0.161 e. The van der Waals surface area contributed by atoms with Gasteiger partial charge in [-0.15, -0.1) is 0 Å². The lowest BCUT2D eigenvalue weighted by atomic mass is 9.83. The van der Waals surface area contributed by atoms with Crippen molar-refractivity contribution in [1.82, 2.24) is 0 Å². The summed E-state index contributed by atoms with van der Waals surface area (Å²) < 4.78 is 11.0. The van der Waals surface area contributed by atoms with Crippen LogP contribution in [0.3, 0.4) is 0 Å². The molecule has 2 N–H and O–H groups in total. The highest BCUT2D eigenvalue weighted by Crippen LogP contribution is 2.41. The molecule has 3 atom stereocenters. The lowest BCUT2D eigenvalue weighted by Gasteiger charge is -2.35. The van der Waals surface area contributed by atoms with Gasteiger partial charge in [-0.05, 0) is 11.1 Å². The van der Waals surface area contributed by atoms with Crippen LogP contribution in [0.25, 0.3) is 0 Å². The predicted octanol–water partition coefficient (Wildman–Crippen LogP) is 0.902. The molecule has 2 aliphatic heterocycles. The van der Waals surface area contributed by atoms with E-state index in [2.05, 4.69) is 0 Å². The van der Waals surface area contributed by atoms with Gasteiger partial charge in [0.15, 0.2) is 6.29 Å². The third-order valence-electron chi connectivity index (χ3n) is 3.53. The van der Waals surface area contributed by atoms with Crippen LogP contribution in [-0.2, 0) is 21.7 Å². The fourth-order valence-corrected chi connectivity index (χ4v) is 2.65. The van der Waals surface area contributed by atoms with Gasteiger partial charge in [0, 0.05) is 12.8 Å². The molecule has 2 heterocycles. The lowest BCUT2D eigenvalue weighted by molar-refractivity contribution is -0.159. The highest BCUT2D eigenvalue weighted by molar-refractivity contribution is 5.28. The maximum absolute atomic E-state index is 10.7. The molecule has 0 aliphatic carbocycles. The molecule has 2 aliphatic rings. The average Bonchev–Trinajstić information content (AvgIpc) is 2.69. The van der Waals surface area contributed by atoms with Gasteiger partial charge in [0.25, 0.3) is 0 Å². The number of aliphatic hydroxyl groups is 2. The molecule has 2 fully saturated rings. The van der Waals surface area contributed by atoms with E-state index in [1.165, 1.54) is 0 Å². The van der Waals surface area contributed by atoms with Gasteiger partial charge in [-0.1, -0.05) is 24.3 Å². The first-order valence-corrected chi connectivity index (χ1v) is 5.89. The molecular weight excluding hydrogens is 220 g/mol. The van der Waals surface area contributed by atoms with Crippen molar-refractivity contribution in [3.63, 3.8) is 0 Å². The van der Waals surface area contributed by atoms with Crippen LogP contribution in [-0.4, -0.2) is 29.2 Å². The Morgan fingerprint density at radius 2 is 2.24 bits per heavy atom. The van der Waals surface area contributed by atoms with Crippen LogP contribution in [0, 0.1) is 0 Å². The van der Waals surface area contributed by atoms with E-state index in [1.807, 2.05) is 24.3 Å². The minimum atomic E-state index is -0.894. The fraction of sp³-hybridized carbons (Fsp3) is 0.538. The van der Waals surface area contributed by atoms with Crippen LogP contribution in [0.2, 0.25) is 0 Å². The molecule has 1 aromatic rings. The zero-order valence-corrected chi connectivity index (χ0v) is 9.50.